The number of rotatable bonds is 4. The van der Waals surface area contributed by atoms with Crippen molar-refractivity contribution in [2.45, 2.75) is 22.6 Å². The summed E-state index contributed by atoms with van der Waals surface area (Å²) >= 11 is 9.50. The van der Waals surface area contributed by atoms with E-state index < -0.39 is 4.45 Å². The Kier molecular flexibility index (Phi) is 5.13. The molecule has 0 saturated carbocycles. The Labute approximate surface area is 90.5 Å². The van der Waals surface area contributed by atoms with E-state index in [0.717, 1.165) is 0 Å². The molecule has 0 bridgehead atoms. The van der Waals surface area contributed by atoms with Gasteiger partial charge in [0.15, 0.2) is 0 Å². The quantitative estimate of drug-likeness (QED) is 0.337. The van der Waals surface area contributed by atoms with Crippen molar-refractivity contribution in [3.05, 3.63) is 10.1 Å². The smallest absolute Gasteiger partial charge is 0.263 e. The predicted molar refractivity (Wildman–Crippen MR) is 55.5 cm³/mol. The Morgan fingerprint density at radius 1 is 1.73 bits per heavy atom. The SMILES string of the molecule is CCC(Br)(C(Br)CBr)[N+](=O)[O-]. The van der Waals surface area contributed by atoms with Gasteiger partial charge < -0.3 is 0 Å². The van der Waals surface area contributed by atoms with E-state index in [9.17, 15) is 10.1 Å². The molecule has 0 aliphatic heterocycles. The molecule has 0 aliphatic carbocycles. The van der Waals surface area contributed by atoms with E-state index in [1.165, 1.54) is 0 Å². The average molecular weight is 354 g/mol. The van der Waals surface area contributed by atoms with Crippen LogP contribution in [-0.2, 0) is 0 Å². The van der Waals surface area contributed by atoms with Crippen molar-refractivity contribution in [2.24, 2.45) is 0 Å². The topological polar surface area (TPSA) is 43.1 Å². The zero-order valence-corrected chi connectivity index (χ0v) is 10.6. The number of halogens is 3. The fraction of sp³-hybridized carbons (Fsp3) is 1.00. The van der Waals surface area contributed by atoms with Crippen molar-refractivity contribution in [3.8, 4) is 0 Å². The second kappa shape index (κ2) is 4.77. The largest absolute Gasteiger partial charge is 0.287 e. The molecular formula is C5H8Br3NO2. The summed E-state index contributed by atoms with van der Waals surface area (Å²) in [5.74, 6) is 0. The molecular weight excluding hydrogens is 346 g/mol. The van der Waals surface area contributed by atoms with Gasteiger partial charge in [-0.2, -0.15) is 0 Å². The van der Waals surface area contributed by atoms with E-state index in [1.54, 1.807) is 6.92 Å². The van der Waals surface area contributed by atoms with E-state index in [-0.39, 0.29) is 9.75 Å². The van der Waals surface area contributed by atoms with Crippen LogP contribution < -0.4 is 0 Å². The lowest BCUT2D eigenvalue weighted by Gasteiger charge is -2.20. The molecule has 0 heterocycles. The zero-order chi connectivity index (χ0) is 9.07. The molecule has 0 aliphatic rings. The van der Waals surface area contributed by atoms with Gasteiger partial charge in [0.25, 0.3) is 4.45 Å². The van der Waals surface area contributed by atoms with Gasteiger partial charge in [-0.25, -0.2) is 0 Å². The number of nitrogens with zero attached hydrogens (tertiary/aromatic N) is 1. The van der Waals surface area contributed by atoms with Gasteiger partial charge in [0.2, 0.25) is 0 Å². The molecule has 0 N–H and O–H groups in total. The summed E-state index contributed by atoms with van der Waals surface area (Å²) in [7, 11) is 0. The number of alkyl halides is 3. The van der Waals surface area contributed by atoms with Crippen LogP contribution in [0, 0.1) is 10.1 Å². The van der Waals surface area contributed by atoms with Crippen LogP contribution in [0.15, 0.2) is 0 Å². The Morgan fingerprint density at radius 2 is 2.18 bits per heavy atom. The molecule has 11 heavy (non-hydrogen) atoms. The summed E-state index contributed by atoms with van der Waals surface area (Å²) in [6.45, 7) is 1.77. The van der Waals surface area contributed by atoms with Crippen LogP contribution in [0.1, 0.15) is 13.3 Å². The van der Waals surface area contributed by atoms with Gasteiger partial charge in [0, 0.05) is 32.6 Å². The van der Waals surface area contributed by atoms with E-state index in [0.29, 0.717) is 11.8 Å². The molecule has 2 unspecified atom stereocenters. The van der Waals surface area contributed by atoms with Crippen LogP contribution in [0.4, 0.5) is 0 Å². The van der Waals surface area contributed by atoms with Gasteiger partial charge in [-0.05, 0) is 0 Å². The highest BCUT2D eigenvalue weighted by atomic mass is 79.9. The summed E-state index contributed by atoms with van der Waals surface area (Å²) in [6, 6.07) is 0. The van der Waals surface area contributed by atoms with Gasteiger partial charge >= 0.3 is 0 Å². The molecule has 0 radical (unpaired) electrons. The molecule has 0 rings (SSSR count). The molecule has 6 heteroatoms. The maximum Gasteiger partial charge on any atom is 0.287 e. The first-order chi connectivity index (χ1) is 4.99. The number of hydrogen-bond donors (Lipinski definition) is 0. The van der Waals surface area contributed by atoms with Gasteiger partial charge in [-0.15, -0.1) is 0 Å². The average Bonchev–Trinajstić information content (AvgIpc) is 2.01. The highest BCUT2D eigenvalue weighted by molar-refractivity contribution is 9.13. The Balaban J connectivity index is 4.45. The van der Waals surface area contributed by atoms with Gasteiger partial charge in [-0.3, -0.25) is 10.1 Å². The minimum absolute atomic E-state index is 0.199. The first-order valence-corrected chi connectivity index (χ1v) is 5.85. The molecule has 0 aromatic carbocycles. The normalized spacial score (nSPS) is 18.9. The third-order valence-electron chi connectivity index (χ3n) is 1.41. The summed E-state index contributed by atoms with van der Waals surface area (Å²) in [4.78, 5) is 10.0. The maximum absolute atomic E-state index is 10.6. The molecule has 0 fully saturated rings. The van der Waals surface area contributed by atoms with Crippen LogP contribution in [-0.4, -0.2) is 19.5 Å². The summed E-state index contributed by atoms with van der Waals surface area (Å²) in [5.41, 5.74) is 0. The third-order valence-corrected chi connectivity index (χ3v) is 6.03. The van der Waals surface area contributed by atoms with E-state index in [1.807, 2.05) is 0 Å². The fourth-order valence-electron chi connectivity index (χ4n) is 0.583. The molecule has 66 valence electrons. The lowest BCUT2D eigenvalue weighted by atomic mass is 10.2. The van der Waals surface area contributed by atoms with Gasteiger partial charge in [0.1, 0.15) is 4.83 Å². The second-order valence-corrected chi connectivity index (χ2v) is 5.18. The van der Waals surface area contributed by atoms with Crippen molar-refractivity contribution in [1.82, 2.24) is 0 Å². The maximum atomic E-state index is 10.6. The first-order valence-electron chi connectivity index (χ1n) is 3.02. The van der Waals surface area contributed by atoms with Gasteiger partial charge in [0.05, 0.1) is 0 Å². The van der Waals surface area contributed by atoms with Crippen LogP contribution in [0.25, 0.3) is 0 Å². The van der Waals surface area contributed by atoms with Crippen LogP contribution >= 0.6 is 47.8 Å². The third kappa shape index (κ3) is 2.66. The van der Waals surface area contributed by atoms with Crippen LogP contribution in [0.2, 0.25) is 0 Å². The standard InChI is InChI=1S/C5H8Br3NO2/c1-2-5(8,9(10)11)4(7)3-6/h4H,2-3H2,1H3. The van der Waals surface area contributed by atoms with Crippen molar-refractivity contribution in [2.75, 3.05) is 5.33 Å². The fourth-order valence-corrected chi connectivity index (χ4v) is 2.21. The number of nitro groups is 1. The first kappa shape index (κ1) is 11.8. The van der Waals surface area contributed by atoms with Crippen LogP contribution in [0.3, 0.4) is 0 Å². The lowest BCUT2D eigenvalue weighted by molar-refractivity contribution is -0.534. The molecule has 0 aromatic heterocycles. The lowest BCUT2D eigenvalue weighted by Crippen LogP contribution is -2.40. The summed E-state index contributed by atoms with van der Waals surface area (Å²) in [5, 5.41) is 11.1. The highest BCUT2D eigenvalue weighted by Gasteiger charge is 2.44. The Hall–Kier alpha value is 0.840. The predicted octanol–water partition coefficient (Wildman–Crippen LogP) is 2.92. The van der Waals surface area contributed by atoms with Gasteiger partial charge in [-0.1, -0.05) is 38.8 Å². The second-order valence-electron chi connectivity index (χ2n) is 2.05. The molecule has 3 nitrogen and oxygen atoms in total. The van der Waals surface area contributed by atoms with E-state index in [2.05, 4.69) is 47.8 Å². The van der Waals surface area contributed by atoms with Crippen molar-refractivity contribution in [3.63, 3.8) is 0 Å². The number of hydrogen-bond acceptors (Lipinski definition) is 2. The van der Waals surface area contributed by atoms with Crippen molar-refractivity contribution in [1.29, 1.82) is 0 Å². The Bertz CT molecular complexity index is 155. The molecule has 0 saturated heterocycles. The highest BCUT2D eigenvalue weighted by Crippen LogP contribution is 2.33. The molecule has 2 atom stereocenters. The van der Waals surface area contributed by atoms with Crippen molar-refractivity contribution < 1.29 is 4.92 Å². The van der Waals surface area contributed by atoms with Crippen molar-refractivity contribution >= 4 is 47.8 Å². The van der Waals surface area contributed by atoms with E-state index >= 15 is 0 Å². The molecule has 0 aromatic rings. The van der Waals surface area contributed by atoms with E-state index in [4.69, 9.17) is 0 Å². The molecule has 0 spiro atoms. The Morgan fingerprint density at radius 3 is 2.27 bits per heavy atom. The minimum Gasteiger partial charge on any atom is -0.263 e. The minimum atomic E-state index is -1.05. The monoisotopic (exact) mass is 351 g/mol. The molecule has 0 amide bonds. The zero-order valence-electron chi connectivity index (χ0n) is 5.89. The summed E-state index contributed by atoms with van der Waals surface area (Å²) in [6.07, 6.45) is 0.446. The summed E-state index contributed by atoms with van der Waals surface area (Å²) < 4.78 is -1.05. The van der Waals surface area contributed by atoms with Crippen LogP contribution in [0.5, 0.6) is 0 Å².